The number of amides is 2. The highest BCUT2D eigenvalue weighted by atomic mass is 19.4. The van der Waals surface area contributed by atoms with Crippen molar-refractivity contribution < 1.29 is 22.8 Å². The summed E-state index contributed by atoms with van der Waals surface area (Å²) >= 11 is 0. The first-order valence-electron chi connectivity index (χ1n) is 6.84. The Labute approximate surface area is 125 Å². The maximum atomic E-state index is 13.2. The van der Waals surface area contributed by atoms with Crippen molar-refractivity contribution in [3.63, 3.8) is 0 Å². The second kappa shape index (κ2) is 6.33. The molecular weight excluding hydrogens is 299 g/mol. The number of pyridine rings is 1. The van der Waals surface area contributed by atoms with Gasteiger partial charge in [-0.25, -0.2) is 0 Å². The smallest absolute Gasteiger partial charge is 0.352 e. The average Bonchev–Trinajstić information content (AvgIpc) is 2.45. The van der Waals surface area contributed by atoms with E-state index < -0.39 is 24.2 Å². The van der Waals surface area contributed by atoms with E-state index >= 15 is 0 Å². The Morgan fingerprint density at radius 1 is 1.27 bits per heavy atom. The topological polar surface area (TPSA) is 62.3 Å². The van der Waals surface area contributed by atoms with E-state index in [1.807, 2.05) is 0 Å². The predicted molar refractivity (Wildman–Crippen MR) is 72.0 cm³/mol. The third-order valence-corrected chi connectivity index (χ3v) is 3.56. The summed E-state index contributed by atoms with van der Waals surface area (Å²) in [7, 11) is 0. The summed E-state index contributed by atoms with van der Waals surface area (Å²) in [5.74, 6) is -1.04. The summed E-state index contributed by atoms with van der Waals surface area (Å²) in [6, 6.07) is 0.440. The minimum atomic E-state index is -4.50. The number of nitrogens with one attached hydrogen (secondary N) is 1. The fourth-order valence-corrected chi connectivity index (χ4v) is 2.60. The lowest BCUT2D eigenvalue weighted by Gasteiger charge is -2.40. The zero-order valence-electron chi connectivity index (χ0n) is 11.9. The minimum absolute atomic E-state index is 0.146. The standard InChI is InChI=1S/C14H16F3N3O2/c1-9(21)19-11-2-3-12(14(15,16)17)20(8-11)13(22)10-4-6-18-7-5-10/h4-7,11-12H,2-3,8H2,1H3,(H,19,21)/t11-,12+/m0/s1. The molecule has 1 aromatic heterocycles. The Bertz CT molecular complexity index is 548. The lowest BCUT2D eigenvalue weighted by Crippen LogP contribution is -2.58. The fraction of sp³-hybridized carbons (Fsp3) is 0.500. The molecule has 1 aliphatic heterocycles. The molecule has 1 N–H and O–H groups in total. The van der Waals surface area contributed by atoms with E-state index in [4.69, 9.17) is 0 Å². The molecule has 8 heteroatoms. The molecule has 2 rings (SSSR count). The van der Waals surface area contributed by atoms with Crippen LogP contribution in [0.5, 0.6) is 0 Å². The van der Waals surface area contributed by atoms with E-state index in [-0.39, 0.29) is 30.9 Å². The average molecular weight is 315 g/mol. The van der Waals surface area contributed by atoms with Crippen molar-refractivity contribution in [2.75, 3.05) is 6.54 Å². The second-order valence-electron chi connectivity index (χ2n) is 5.23. The highest BCUT2D eigenvalue weighted by Gasteiger charge is 2.48. The zero-order valence-corrected chi connectivity index (χ0v) is 11.9. The van der Waals surface area contributed by atoms with Crippen LogP contribution >= 0.6 is 0 Å². The molecule has 2 amide bonds. The molecule has 1 saturated heterocycles. The molecule has 120 valence electrons. The summed E-state index contributed by atoms with van der Waals surface area (Å²) < 4.78 is 39.5. The molecule has 0 aliphatic carbocycles. The van der Waals surface area contributed by atoms with Gasteiger partial charge in [-0.05, 0) is 25.0 Å². The Kier molecular flexibility index (Phi) is 4.68. The van der Waals surface area contributed by atoms with E-state index in [2.05, 4.69) is 10.3 Å². The Morgan fingerprint density at radius 3 is 2.45 bits per heavy atom. The lowest BCUT2D eigenvalue weighted by molar-refractivity contribution is -0.184. The van der Waals surface area contributed by atoms with E-state index in [1.54, 1.807) is 0 Å². The summed E-state index contributed by atoms with van der Waals surface area (Å²) in [6.07, 6.45) is -1.84. The third-order valence-electron chi connectivity index (χ3n) is 3.56. The monoisotopic (exact) mass is 315 g/mol. The maximum Gasteiger partial charge on any atom is 0.408 e. The van der Waals surface area contributed by atoms with Gasteiger partial charge in [-0.1, -0.05) is 0 Å². The third kappa shape index (κ3) is 3.75. The van der Waals surface area contributed by atoms with Crippen LogP contribution in [-0.4, -0.2) is 46.5 Å². The van der Waals surface area contributed by atoms with E-state index in [0.717, 1.165) is 4.90 Å². The first kappa shape index (κ1) is 16.3. The molecular formula is C14H16F3N3O2. The molecule has 0 bridgehead atoms. The first-order valence-corrected chi connectivity index (χ1v) is 6.84. The molecule has 22 heavy (non-hydrogen) atoms. The van der Waals surface area contributed by atoms with Gasteiger partial charge in [0.25, 0.3) is 5.91 Å². The maximum absolute atomic E-state index is 13.2. The van der Waals surface area contributed by atoms with Crippen LogP contribution in [0.25, 0.3) is 0 Å². The van der Waals surface area contributed by atoms with Gasteiger partial charge in [-0.3, -0.25) is 14.6 Å². The number of alkyl halides is 3. The van der Waals surface area contributed by atoms with Crippen LogP contribution in [-0.2, 0) is 4.79 Å². The van der Waals surface area contributed by atoms with Crippen LogP contribution in [0.3, 0.4) is 0 Å². The van der Waals surface area contributed by atoms with Gasteiger partial charge in [0.15, 0.2) is 0 Å². The van der Waals surface area contributed by atoms with Crippen LogP contribution in [0, 0.1) is 0 Å². The first-order chi connectivity index (χ1) is 10.3. The van der Waals surface area contributed by atoms with Crippen molar-refractivity contribution >= 4 is 11.8 Å². The highest BCUT2D eigenvalue weighted by molar-refractivity contribution is 5.94. The number of nitrogens with zero attached hydrogens (tertiary/aromatic N) is 2. The zero-order chi connectivity index (χ0) is 16.3. The minimum Gasteiger partial charge on any atom is -0.352 e. The summed E-state index contributed by atoms with van der Waals surface area (Å²) in [6.45, 7) is 1.13. The van der Waals surface area contributed by atoms with Gasteiger partial charge >= 0.3 is 6.18 Å². The van der Waals surface area contributed by atoms with Crippen LogP contribution in [0.4, 0.5) is 13.2 Å². The number of carbonyl (C=O) groups is 2. The summed E-state index contributed by atoms with van der Waals surface area (Å²) in [5.41, 5.74) is 0.146. The summed E-state index contributed by atoms with van der Waals surface area (Å²) in [4.78, 5) is 28.0. The molecule has 1 aliphatic rings. The van der Waals surface area contributed by atoms with Gasteiger partial charge < -0.3 is 10.2 Å². The van der Waals surface area contributed by atoms with Gasteiger partial charge in [0.1, 0.15) is 6.04 Å². The molecule has 0 unspecified atom stereocenters. The second-order valence-corrected chi connectivity index (χ2v) is 5.23. The largest absolute Gasteiger partial charge is 0.408 e. The Hall–Kier alpha value is -2.12. The van der Waals surface area contributed by atoms with Gasteiger partial charge in [-0.15, -0.1) is 0 Å². The number of piperidine rings is 1. The molecule has 2 heterocycles. The van der Waals surface area contributed by atoms with Crippen molar-refractivity contribution in [2.24, 2.45) is 0 Å². The van der Waals surface area contributed by atoms with Crippen molar-refractivity contribution in [1.82, 2.24) is 15.2 Å². The van der Waals surface area contributed by atoms with Gasteiger partial charge in [-0.2, -0.15) is 13.2 Å². The van der Waals surface area contributed by atoms with E-state index in [0.29, 0.717) is 0 Å². The number of rotatable bonds is 2. The lowest BCUT2D eigenvalue weighted by atomic mass is 9.96. The molecule has 0 saturated carbocycles. The van der Waals surface area contributed by atoms with Crippen LogP contribution in [0.1, 0.15) is 30.1 Å². The van der Waals surface area contributed by atoms with Crippen molar-refractivity contribution in [2.45, 2.75) is 38.0 Å². The van der Waals surface area contributed by atoms with Crippen LogP contribution in [0.15, 0.2) is 24.5 Å². The number of aromatic nitrogens is 1. The predicted octanol–water partition coefficient (Wildman–Crippen LogP) is 1.75. The van der Waals surface area contributed by atoms with E-state index in [1.165, 1.54) is 31.5 Å². The van der Waals surface area contributed by atoms with Gasteiger partial charge in [0.2, 0.25) is 5.91 Å². The van der Waals surface area contributed by atoms with Crippen molar-refractivity contribution in [3.8, 4) is 0 Å². The number of likely N-dealkylation sites (tertiary alicyclic amines) is 1. The van der Waals surface area contributed by atoms with Crippen LogP contribution in [0.2, 0.25) is 0 Å². The number of hydrogen-bond donors (Lipinski definition) is 1. The number of halogens is 3. The van der Waals surface area contributed by atoms with Crippen molar-refractivity contribution in [3.05, 3.63) is 30.1 Å². The van der Waals surface area contributed by atoms with Gasteiger partial charge in [0, 0.05) is 37.5 Å². The van der Waals surface area contributed by atoms with Gasteiger partial charge in [0.05, 0.1) is 0 Å². The molecule has 2 atom stereocenters. The van der Waals surface area contributed by atoms with E-state index in [9.17, 15) is 22.8 Å². The molecule has 0 radical (unpaired) electrons. The Morgan fingerprint density at radius 2 is 1.91 bits per heavy atom. The van der Waals surface area contributed by atoms with Crippen LogP contribution < -0.4 is 5.32 Å². The number of hydrogen-bond acceptors (Lipinski definition) is 3. The molecule has 1 aromatic rings. The van der Waals surface area contributed by atoms with Crippen molar-refractivity contribution in [1.29, 1.82) is 0 Å². The molecule has 0 spiro atoms. The fourth-order valence-electron chi connectivity index (χ4n) is 2.60. The normalized spacial score (nSPS) is 22.3. The highest BCUT2D eigenvalue weighted by Crippen LogP contribution is 2.32. The molecule has 0 aromatic carbocycles. The SMILES string of the molecule is CC(=O)N[C@H]1CC[C@H](C(F)(F)F)N(C(=O)c2ccncc2)C1. The molecule has 1 fully saturated rings. The quantitative estimate of drug-likeness (QED) is 0.904. The molecule has 5 nitrogen and oxygen atoms in total. The number of carbonyl (C=O) groups excluding carboxylic acids is 2. The Balaban J connectivity index is 2.23. The summed E-state index contributed by atoms with van der Waals surface area (Å²) in [5, 5.41) is 2.58.